The molecule has 0 aliphatic heterocycles. The van der Waals surface area contributed by atoms with E-state index in [-0.39, 0.29) is 11.5 Å². The van der Waals surface area contributed by atoms with Gasteiger partial charge in [-0.3, -0.25) is 0 Å². The molecular weight excluding hydrogens is 264 g/mol. The van der Waals surface area contributed by atoms with Crippen molar-refractivity contribution < 1.29 is 14.0 Å². The van der Waals surface area contributed by atoms with Gasteiger partial charge in [0.25, 0.3) is 0 Å². The van der Waals surface area contributed by atoms with Crippen LogP contribution in [0, 0.1) is 11.6 Å². The van der Waals surface area contributed by atoms with E-state index in [1.807, 2.05) is 0 Å². The number of hydrogen-bond acceptors (Lipinski definition) is 3. The van der Waals surface area contributed by atoms with Gasteiger partial charge in [-0.2, -0.15) is 0 Å². The second-order valence-corrected chi connectivity index (χ2v) is 4.14. The van der Waals surface area contributed by atoms with E-state index in [2.05, 4.69) is 10.5 Å². The Kier molecular flexibility index (Phi) is 4.14. The molecule has 6 heteroatoms. The highest BCUT2D eigenvalue weighted by atomic mass is 19.2. The highest BCUT2D eigenvalue weighted by Crippen LogP contribution is 2.17. The lowest BCUT2D eigenvalue weighted by atomic mass is 10.1. The van der Waals surface area contributed by atoms with Gasteiger partial charge >= 0.3 is 0 Å². The molecule has 2 aromatic rings. The largest absolute Gasteiger partial charge is 0.409 e. The number of nitrogens with one attached hydrogen (secondary N) is 1. The molecule has 0 spiro atoms. The van der Waals surface area contributed by atoms with Crippen molar-refractivity contribution in [2.75, 3.05) is 5.32 Å². The minimum Gasteiger partial charge on any atom is -0.409 e. The van der Waals surface area contributed by atoms with Crippen molar-refractivity contribution in [3.8, 4) is 0 Å². The molecule has 0 bridgehead atoms. The zero-order valence-electron chi connectivity index (χ0n) is 10.5. The van der Waals surface area contributed by atoms with Crippen molar-refractivity contribution in [3.63, 3.8) is 0 Å². The van der Waals surface area contributed by atoms with Crippen molar-refractivity contribution >= 4 is 11.5 Å². The average molecular weight is 277 g/mol. The first-order valence-corrected chi connectivity index (χ1v) is 5.86. The monoisotopic (exact) mass is 277 g/mol. The van der Waals surface area contributed by atoms with Gasteiger partial charge in [0, 0.05) is 12.1 Å². The zero-order valence-corrected chi connectivity index (χ0v) is 10.5. The van der Waals surface area contributed by atoms with Gasteiger partial charge < -0.3 is 16.3 Å². The van der Waals surface area contributed by atoms with Gasteiger partial charge in [0.15, 0.2) is 17.5 Å². The molecule has 0 saturated carbocycles. The summed E-state index contributed by atoms with van der Waals surface area (Å²) in [6, 6.07) is 10.8. The molecule has 0 atom stereocenters. The minimum absolute atomic E-state index is 0.0145. The van der Waals surface area contributed by atoms with E-state index >= 15 is 0 Å². The quantitative estimate of drug-likeness (QED) is 0.348. The van der Waals surface area contributed by atoms with Crippen LogP contribution in [0.25, 0.3) is 0 Å². The molecule has 0 aliphatic rings. The predicted octanol–water partition coefficient (Wildman–Crippen LogP) is 2.67. The van der Waals surface area contributed by atoms with E-state index in [1.54, 1.807) is 24.3 Å². The third-order valence-electron chi connectivity index (χ3n) is 2.79. The van der Waals surface area contributed by atoms with Crippen molar-refractivity contribution in [3.05, 3.63) is 65.2 Å². The summed E-state index contributed by atoms with van der Waals surface area (Å²) in [5.41, 5.74) is 6.97. The first-order chi connectivity index (χ1) is 9.61. The standard InChI is InChI=1S/C14H13F2N3O/c15-11-2-1-3-12(13(11)16)18-8-9-4-6-10(7-5-9)14(17)19-20/h1-7,18,20H,8H2,(H2,17,19). The Balaban J connectivity index is 2.06. The van der Waals surface area contributed by atoms with E-state index in [4.69, 9.17) is 10.9 Å². The fourth-order valence-corrected chi connectivity index (χ4v) is 1.69. The molecule has 0 aromatic heterocycles. The lowest BCUT2D eigenvalue weighted by Gasteiger charge is -2.08. The van der Waals surface area contributed by atoms with Crippen LogP contribution in [-0.4, -0.2) is 11.0 Å². The number of nitrogens with zero attached hydrogens (tertiary/aromatic N) is 1. The Morgan fingerprint density at radius 2 is 1.85 bits per heavy atom. The maximum absolute atomic E-state index is 13.4. The first kappa shape index (κ1) is 13.8. The van der Waals surface area contributed by atoms with Crippen LogP contribution in [0.5, 0.6) is 0 Å². The lowest BCUT2D eigenvalue weighted by molar-refractivity contribution is 0.318. The summed E-state index contributed by atoms with van der Waals surface area (Å²) >= 11 is 0. The SMILES string of the molecule is NC(=NO)c1ccc(CNc2cccc(F)c2F)cc1. The number of benzene rings is 2. The first-order valence-electron chi connectivity index (χ1n) is 5.86. The maximum atomic E-state index is 13.4. The fourth-order valence-electron chi connectivity index (χ4n) is 1.69. The maximum Gasteiger partial charge on any atom is 0.181 e. The molecule has 0 fully saturated rings. The van der Waals surface area contributed by atoms with Crippen LogP contribution in [-0.2, 0) is 6.54 Å². The number of amidine groups is 1. The summed E-state index contributed by atoms with van der Waals surface area (Å²) in [5.74, 6) is -1.78. The second-order valence-electron chi connectivity index (χ2n) is 4.14. The van der Waals surface area contributed by atoms with E-state index in [9.17, 15) is 8.78 Å². The number of oxime groups is 1. The number of halogens is 2. The van der Waals surface area contributed by atoms with E-state index in [0.29, 0.717) is 12.1 Å². The smallest absolute Gasteiger partial charge is 0.181 e. The molecule has 0 radical (unpaired) electrons. The molecular formula is C14H13F2N3O. The molecule has 2 aromatic carbocycles. The van der Waals surface area contributed by atoms with Crippen molar-refractivity contribution in [2.24, 2.45) is 10.9 Å². The van der Waals surface area contributed by atoms with Gasteiger partial charge in [-0.15, -0.1) is 0 Å². The third-order valence-corrected chi connectivity index (χ3v) is 2.79. The van der Waals surface area contributed by atoms with Crippen molar-refractivity contribution in [1.82, 2.24) is 0 Å². The van der Waals surface area contributed by atoms with Crippen LogP contribution in [0.4, 0.5) is 14.5 Å². The Bertz CT molecular complexity index is 627. The topological polar surface area (TPSA) is 70.6 Å². The molecule has 4 N–H and O–H groups in total. The summed E-state index contributed by atoms with van der Waals surface area (Å²) in [6.45, 7) is 0.330. The second kappa shape index (κ2) is 6.01. The van der Waals surface area contributed by atoms with Crippen LogP contribution in [0.15, 0.2) is 47.6 Å². The van der Waals surface area contributed by atoms with Crippen LogP contribution in [0.1, 0.15) is 11.1 Å². The van der Waals surface area contributed by atoms with Crippen LogP contribution >= 0.6 is 0 Å². The molecule has 0 unspecified atom stereocenters. The van der Waals surface area contributed by atoms with Crippen molar-refractivity contribution in [2.45, 2.75) is 6.54 Å². The molecule has 0 amide bonds. The Morgan fingerprint density at radius 1 is 1.15 bits per heavy atom. The van der Waals surface area contributed by atoms with Crippen LogP contribution in [0.3, 0.4) is 0 Å². The van der Waals surface area contributed by atoms with E-state index in [1.165, 1.54) is 12.1 Å². The summed E-state index contributed by atoms with van der Waals surface area (Å²) in [6.07, 6.45) is 0. The normalized spacial score (nSPS) is 11.4. The molecule has 20 heavy (non-hydrogen) atoms. The van der Waals surface area contributed by atoms with Crippen LogP contribution < -0.4 is 11.1 Å². The summed E-state index contributed by atoms with van der Waals surface area (Å²) in [5, 5.41) is 14.2. The molecule has 104 valence electrons. The van der Waals surface area contributed by atoms with Gasteiger partial charge in [-0.05, 0) is 17.7 Å². The average Bonchev–Trinajstić information content (AvgIpc) is 2.48. The van der Waals surface area contributed by atoms with Gasteiger partial charge in [0.05, 0.1) is 5.69 Å². The number of anilines is 1. The number of rotatable bonds is 4. The predicted molar refractivity (Wildman–Crippen MR) is 72.6 cm³/mol. The Hall–Kier alpha value is -2.63. The van der Waals surface area contributed by atoms with E-state index in [0.717, 1.165) is 11.6 Å². The summed E-state index contributed by atoms with van der Waals surface area (Å²) < 4.78 is 26.4. The molecule has 0 heterocycles. The van der Waals surface area contributed by atoms with Gasteiger partial charge in [0.2, 0.25) is 0 Å². The molecule has 0 aliphatic carbocycles. The van der Waals surface area contributed by atoms with Gasteiger partial charge in [0.1, 0.15) is 0 Å². The summed E-state index contributed by atoms with van der Waals surface area (Å²) in [4.78, 5) is 0. The number of nitrogens with two attached hydrogens (primary N) is 1. The molecule has 0 saturated heterocycles. The van der Waals surface area contributed by atoms with Gasteiger partial charge in [-0.1, -0.05) is 35.5 Å². The van der Waals surface area contributed by atoms with Gasteiger partial charge in [-0.25, -0.2) is 8.78 Å². The Labute approximate surface area is 114 Å². The molecule has 4 nitrogen and oxygen atoms in total. The minimum atomic E-state index is -0.902. The number of hydrogen-bond donors (Lipinski definition) is 3. The zero-order chi connectivity index (χ0) is 14.5. The third kappa shape index (κ3) is 3.03. The Morgan fingerprint density at radius 3 is 2.50 bits per heavy atom. The van der Waals surface area contributed by atoms with Crippen molar-refractivity contribution in [1.29, 1.82) is 0 Å². The van der Waals surface area contributed by atoms with Crippen LogP contribution in [0.2, 0.25) is 0 Å². The summed E-state index contributed by atoms with van der Waals surface area (Å²) in [7, 11) is 0. The molecule has 2 rings (SSSR count). The highest BCUT2D eigenvalue weighted by Gasteiger charge is 2.07. The van der Waals surface area contributed by atoms with E-state index < -0.39 is 11.6 Å². The highest BCUT2D eigenvalue weighted by molar-refractivity contribution is 5.96. The lowest BCUT2D eigenvalue weighted by Crippen LogP contribution is -2.13. The fraction of sp³-hybridized carbons (Fsp3) is 0.0714.